The van der Waals surface area contributed by atoms with E-state index in [1.165, 1.54) is 25.3 Å². The summed E-state index contributed by atoms with van der Waals surface area (Å²) in [6.45, 7) is 2.81. The van der Waals surface area contributed by atoms with Crippen molar-refractivity contribution in [2.24, 2.45) is 0 Å². The van der Waals surface area contributed by atoms with Crippen molar-refractivity contribution >= 4 is 12.2 Å². The van der Waals surface area contributed by atoms with Gasteiger partial charge in [0.05, 0.1) is 13.7 Å². The zero-order valence-electron chi connectivity index (χ0n) is 13.3. The van der Waals surface area contributed by atoms with Crippen molar-refractivity contribution in [2.45, 2.75) is 19.8 Å². The highest BCUT2D eigenvalue weighted by Crippen LogP contribution is 2.24. The van der Waals surface area contributed by atoms with Crippen LogP contribution in [0.2, 0.25) is 0 Å². The third kappa shape index (κ3) is 4.55. The van der Waals surface area contributed by atoms with Crippen LogP contribution >= 0.6 is 0 Å². The lowest BCUT2D eigenvalue weighted by atomic mass is 10.1. The maximum atomic E-state index is 13.9. The van der Waals surface area contributed by atoms with Crippen molar-refractivity contribution in [1.29, 1.82) is 0 Å². The van der Waals surface area contributed by atoms with E-state index in [9.17, 15) is 8.78 Å². The van der Waals surface area contributed by atoms with Gasteiger partial charge in [0.15, 0.2) is 11.6 Å². The number of methoxy groups -OCH3 is 1. The van der Waals surface area contributed by atoms with Crippen molar-refractivity contribution in [3.05, 3.63) is 59.2 Å². The van der Waals surface area contributed by atoms with E-state index in [0.717, 1.165) is 24.2 Å². The Morgan fingerprint density at radius 2 is 1.70 bits per heavy atom. The average Bonchev–Trinajstić information content (AvgIpc) is 2.58. The third-order valence-corrected chi connectivity index (χ3v) is 3.40. The molecule has 0 radical (unpaired) electrons. The summed E-state index contributed by atoms with van der Waals surface area (Å²) in [7, 11) is 1.30. The first-order chi connectivity index (χ1) is 11.2. The summed E-state index contributed by atoms with van der Waals surface area (Å²) in [5.41, 5.74) is 1.05. The minimum absolute atomic E-state index is 0.103. The fourth-order valence-electron chi connectivity index (χ4n) is 2.03. The molecule has 2 nitrogen and oxygen atoms in total. The second kappa shape index (κ2) is 8.32. The molecule has 4 heteroatoms. The van der Waals surface area contributed by atoms with E-state index in [2.05, 4.69) is 6.92 Å². The first-order valence-corrected chi connectivity index (χ1v) is 7.58. The smallest absolute Gasteiger partial charge is 0.201 e. The normalized spacial score (nSPS) is 11.0. The lowest BCUT2D eigenvalue weighted by molar-refractivity contribution is 0.309. The van der Waals surface area contributed by atoms with Crippen molar-refractivity contribution in [2.75, 3.05) is 13.7 Å². The molecule has 0 saturated heterocycles. The molecule has 0 saturated carbocycles. The highest BCUT2D eigenvalue weighted by molar-refractivity contribution is 5.70. The summed E-state index contributed by atoms with van der Waals surface area (Å²) in [4.78, 5) is 0. The number of hydrogen-bond donors (Lipinski definition) is 0. The van der Waals surface area contributed by atoms with Gasteiger partial charge in [-0.3, -0.25) is 0 Å². The Morgan fingerprint density at radius 3 is 2.35 bits per heavy atom. The Kier molecular flexibility index (Phi) is 6.15. The van der Waals surface area contributed by atoms with Crippen LogP contribution in [0.15, 0.2) is 36.4 Å². The first-order valence-electron chi connectivity index (χ1n) is 7.58. The van der Waals surface area contributed by atoms with Crippen LogP contribution in [0.3, 0.4) is 0 Å². The highest BCUT2D eigenvalue weighted by atomic mass is 19.2. The molecule has 2 aromatic rings. The van der Waals surface area contributed by atoms with Crippen molar-refractivity contribution in [1.82, 2.24) is 0 Å². The van der Waals surface area contributed by atoms with Crippen LogP contribution in [0.25, 0.3) is 12.2 Å². The number of halogens is 2. The average molecular weight is 318 g/mol. The van der Waals surface area contributed by atoms with E-state index in [4.69, 9.17) is 9.47 Å². The van der Waals surface area contributed by atoms with E-state index in [-0.39, 0.29) is 11.3 Å². The van der Waals surface area contributed by atoms with Gasteiger partial charge < -0.3 is 9.47 Å². The first kappa shape index (κ1) is 17.0. The summed E-state index contributed by atoms with van der Waals surface area (Å²) < 4.78 is 37.8. The van der Waals surface area contributed by atoms with Crippen LogP contribution in [0.5, 0.6) is 11.5 Å². The maximum Gasteiger partial charge on any atom is 0.201 e. The zero-order valence-corrected chi connectivity index (χ0v) is 13.3. The molecule has 0 amide bonds. The minimum atomic E-state index is -0.977. The topological polar surface area (TPSA) is 18.5 Å². The quantitative estimate of drug-likeness (QED) is 0.508. The molecule has 0 bridgehead atoms. The van der Waals surface area contributed by atoms with Gasteiger partial charge in [-0.25, -0.2) is 4.39 Å². The van der Waals surface area contributed by atoms with Crippen LogP contribution < -0.4 is 9.47 Å². The van der Waals surface area contributed by atoms with Gasteiger partial charge in [0.25, 0.3) is 0 Å². The minimum Gasteiger partial charge on any atom is -0.494 e. The fraction of sp³-hybridized carbons (Fsp3) is 0.263. The van der Waals surface area contributed by atoms with E-state index < -0.39 is 11.6 Å². The molecule has 122 valence electrons. The largest absolute Gasteiger partial charge is 0.494 e. The Hall–Kier alpha value is -2.36. The van der Waals surface area contributed by atoms with E-state index in [1.54, 1.807) is 6.08 Å². The molecule has 0 atom stereocenters. The fourth-order valence-corrected chi connectivity index (χ4v) is 2.03. The summed E-state index contributed by atoms with van der Waals surface area (Å²) >= 11 is 0. The predicted molar refractivity (Wildman–Crippen MR) is 88.7 cm³/mol. The van der Waals surface area contributed by atoms with Gasteiger partial charge in [-0.15, -0.1) is 0 Å². The van der Waals surface area contributed by atoms with Crippen molar-refractivity contribution in [3.63, 3.8) is 0 Å². The van der Waals surface area contributed by atoms with Gasteiger partial charge in [0, 0.05) is 5.56 Å². The molecule has 23 heavy (non-hydrogen) atoms. The van der Waals surface area contributed by atoms with E-state index in [1.807, 2.05) is 24.3 Å². The highest BCUT2D eigenvalue weighted by Gasteiger charge is 2.11. The molecule has 0 aliphatic heterocycles. The molecule has 0 aromatic heterocycles. The van der Waals surface area contributed by atoms with Gasteiger partial charge in [-0.05, 0) is 36.2 Å². The molecule has 0 aliphatic rings. The van der Waals surface area contributed by atoms with Crippen molar-refractivity contribution < 1.29 is 18.3 Å². The zero-order chi connectivity index (χ0) is 16.7. The summed E-state index contributed by atoms with van der Waals surface area (Å²) in [6, 6.07) is 10.4. The SMILES string of the molecule is CCCCOc1ccc(C=Cc2ccc(OC)c(F)c2F)cc1. The van der Waals surface area contributed by atoms with Crippen LogP contribution in [0, 0.1) is 11.6 Å². The van der Waals surface area contributed by atoms with Crippen LogP contribution in [0.1, 0.15) is 30.9 Å². The Balaban J connectivity index is 2.07. The van der Waals surface area contributed by atoms with Crippen LogP contribution in [-0.4, -0.2) is 13.7 Å². The Morgan fingerprint density at radius 1 is 0.957 bits per heavy atom. The number of benzene rings is 2. The molecular weight excluding hydrogens is 298 g/mol. The lowest BCUT2D eigenvalue weighted by Gasteiger charge is -2.06. The number of rotatable bonds is 7. The van der Waals surface area contributed by atoms with Gasteiger partial charge in [-0.1, -0.05) is 37.6 Å². The maximum absolute atomic E-state index is 13.9. The number of hydrogen-bond acceptors (Lipinski definition) is 2. The Bertz CT molecular complexity index is 664. The van der Waals surface area contributed by atoms with E-state index in [0.29, 0.717) is 6.61 Å². The summed E-state index contributed by atoms with van der Waals surface area (Å²) in [5.74, 6) is -1.19. The molecule has 2 rings (SSSR count). The number of ether oxygens (including phenoxy) is 2. The molecule has 0 unspecified atom stereocenters. The molecule has 0 spiro atoms. The molecule has 0 heterocycles. The lowest BCUT2D eigenvalue weighted by Crippen LogP contribution is -1.95. The monoisotopic (exact) mass is 318 g/mol. The molecule has 0 N–H and O–H groups in total. The molecular formula is C19H20F2O2. The second-order valence-electron chi connectivity index (χ2n) is 5.09. The second-order valence-corrected chi connectivity index (χ2v) is 5.09. The molecule has 2 aromatic carbocycles. The van der Waals surface area contributed by atoms with Gasteiger partial charge in [0.1, 0.15) is 5.75 Å². The Labute approximate surface area is 135 Å². The summed E-state index contributed by atoms with van der Waals surface area (Å²) in [6.07, 6.45) is 5.36. The molecule has 0 aliphatic carbocycles. The standard InChI is InChI=1S/C19H20F2O2/c1-3-4-13-23-16-10-6-14(7-11-16)5-8-15-9-12-17(22-2)19(21)18(15)20/h5-12H,3-4,13H2,1-2H3. The van der Waals surface area contributed by atoms with Gasteiger partial charge >= 0.3 is 0 Å². The van der Waals surface area contributed by atoms with Crippen molar-refractivity contribution in [3.8, 4) is 11.5 Å². The predicted octanol–water partition coefficient (Wildman–Crippen LogP) is 5.32. The summed E-state index contributed by atoms with van der Waals surface area (Å²) in [5, 5.41) is 0. The van der Waals surface area contributed by atoms with Gasteiger partial charge in [0.2, 0.25) is 5.82 Å². The third-order valence-electron chi connectivity index (χ3n) is 3.40. The number of unbranched alkanes of at least 4 members (excludes halogenated alkanes) is 1. The van der Waals surface area contributed by atoms with Crippen LogP contribution in [-0.2, 0) is 0 Å². The van der Waals surface area contributed by atoms with Gasteiger partial charge in [-0.2, -0.15) is 4.39 Å². The molecule has 0 fully saturated rings. The van der Waals surface area contributed by atoms with E-state index >= 15 is 0 Å². The van der Waals surface area contributed by atoms with Crippen LogP contribution in [0.4, 0.5) is 8.78 Å².